The Balaban J connectivity index is 1.60. The Hall–Kier alpha value is -3.49. The molecule has 0 saturated heterocycles. The number of benzene rings is 1. The van der Waals surface area contributed by atoms with Gasteiger partial charge in [-0.2, -0.15) is 10.2 Å². The molecular formula is C17H18N6O3. The van der Waals surface area contributed by atoms with Gasteiger partial charge in [-0.15, -0.1) is 0 Å². The fourth-order valence-corrected chi connectivity index (χ4v) is 2.58. The van der Waals surface area contributed by atoms with Crippen molar-refractivity contribution in [2.45, 2.75) is 20.0 Å². The molecule has 0 unspecified atom stereocenters. The zero-order valence-corrected chi connectivity index (χ0v) is 14.4. The van der Waals surface area contributed by atoms with E-state index in [2.05, 4.69) is 15.5 Å². The molecule has 0 atom stereocenters. The van der Waals surface area contributed by atoms with E-state index >= 15 is 0 Å². The summed E-state index contributed by atoms with van der Waals surface area (Å²) in [5.74, 6) is -0.176. The van der Waals surface area contributed by atoms with E-state index in [4.69, 9.17) is 0 Å². The molecular weight excluding hydrogens is 336 g/mol. The van der Waals surface area contributed by atoms with Gasteiger partial charge in [-0.05, 0) is 30.7 Å². The van der Waals surface area contributed by atoms with Gasteiger partial charge in [0, 0.05) is 12.6 Å². The Bertz CT molecular complexity index is 942. The van der Waals surface area contributed by atoms with Gasteiger partial charge in [0.05, 0.1) is 29.4 Å². The van der Waals surface area contributed by atoms with Crippen LogP contribution in [0.5, 0.6) is 0 Å². The maximum atomic E-state index is 12.3. The Morgan fingerprint density at radius 2 is 2.04 bits per heavy atom. The minimum absolute atomic E-state index is 0.0496. The highest BCUT2D eigenvalue weighted by Gasteiger charge is 2.10. The number of nitro groups is 1. The molecule has 9 heteroatoms. The summed E-state index contributed by atoms with van der Waals surface area (Å²) in [5, 5.41) is 21.7. The molecule has 134 valence electrons. The SMILES string of the molecule is Cc1cc(CNC(=O)c2ccc(Cn3cc([N+](=O)[O-])cn3)cc2)n(C)n1. The van der Waals surface area contributed by atoms with Crippen molar-refractivity contribution in [1.29, 1.82) is 0 Å². The summed E-state index contributed by atoms with van der Waals surface area (Å²) in [4.78, 5) is 22.4. The van der Waals surface area contributed by atoms with E-state index in [9.17, 15) is 14.9 Å². The van der Waals surface area contributed by atoms with Crippen LogP contribution in [0.2, 0.25) is 0 Å². The van der Waals surface area contributed by atoms with Crippen molar-refractivity contribution < 1.29 is 9.72 Å². The zero-order valence-electron chi connectivity index (χ0n) is 14.4. The monoisotopic (exact) mass is 354 g/mol. The molecule has 3 rings (SSSR count). The maximum Gasteiger partial charge on any atom is 0.307 e. The van der Waals surface area contributed by atoms with Gasteiger partial charge >= 0.3 is 5.69 Å². The van der Waals surface area contributed by atoms with Crippen LogP contribution < -0.4 is 5.32 Å². The number of carbonyl (C=O) groups is 1. The van der Waals surface area contributed by atoms with Crippen molar-refractivity contribution in [3.8, 4) is 0 Å². The lowest BCUT2D eigenvalue weighted by molar-refractivity contribution is -0.385. The molecule has 9 nitrogen and oxygen atoms in total. The molecule has 0 spiro atoms. The van der Waals surface area contributed by atoms with Crippen LogP contribution in [0.15, 0.2) is 42.7 Å². The van der Waals surface area contributed by atoms with Gasteiger partial charge in [0.2, 0.25) is 0 Å². The van der Waals surface area contributed by atoms with E-state index in [1.54, 1.807) is 28.9 Å². The van der Waals surface area contributed by atoms with Crippen LogP contribution in [0, 0.1) is 17.0 Å². The van der Waals surface area contributed by atoms with Crippen LogP contribution in [0.3, 0.4) is 0 Å². The van der Waals surface area contributed by atoms with Crippen molar-refractivity contribution in [3.05, 3.63) is 75.4 Å². The first kappa shape index (κ1) is 17.3. The number of hydrogen-bond acceptors (Lipinski definition) is 5. The molecule has 2 aromatic heterocycles. The highest BCUT2D eigenvalue weighted by Crippen LogP contribution is 2.11. The van der Waals surface area contributed by atoms with Gasteiger partial charge < -0.3 is 5.32 Å². The fraction of sp³-hybridized carbons (Fsp3) is 0.235. The van der Waals surface area contributed by atoms with E-state index in [0.717, 1.165) is 17.0 Å². The zero-order chi connectivity index (χ0) is 18.7. The number of nitrogens with one attached hydrogen (secondary N) is 1. The van der Waals surface area contributed by atoms with E-state index in [1.807, 2.05) is 20.0 Å². The topological polar surface area (TPSA) is 108 Å². The number of aromatic nitrogens is 4. The minimum atomic E-state index is -0.485. The van der Waals surface area contributed by atoms with Gasteiger partial charge in [0.25, 0.3) is 5.91 Å². The van der Waals surface area contributed by atoms with E-state index < -0.39 is 4.92 Å². The number of carbonyl (C=O) groups excluding carboxylic acids is 1. The highest BCUT2D eigenvalue weighted by atomic mass is 16.6. The number of hydrogen-bond donors (Lipinski definition) is 1. The normalized spacial score (nSPS) is 10.7. The molecule has 0 fully saturated rings. The summed E-state index contributed by atoms with van der Waals surface area (Å²) in [5.41, 5.74) is 3.21. The van der Waals surface area contributed by atoms with Crippen molar-refractivity contribution in [2.75, 3.05) is 0 Å². The Morgan fingerprint density at radius 1 is 1.31 bits per heavy atom. The van der Waals surface area contributed by atoms with Gasteiger partial charge in [-0.3, -0.25) is 24.3 Å². The predicted molar refractivity (Wildman–Crippen MR) is 93.5 cm³/mol. The number of nitrogens with zero attached hydrogens (tertiary/aromatic N) is 5. The molecule has 0 bridgehead atoms. The summed E-state index contributed by atoms with van der Waals surface area (Å²) in [7, 11) is 1.84. The van der Waals surface area contributed by atoms with Crippen molar-refractivity contribution >= 4 is 11.6 Å². The van der Waals surface area contributed by atoms with E-state index in [1.165, 1.54) is 17.1 Å². The van der Waals surface area contributed by atoms with E-state index in [-0.39, 0.29) is 11.6 Å². The molecule has 26 heavy (non-hydrogen) atoms. The Kier molecular flexibility index (Phi) is 4.78. The van der Waals surface area contributed by atoms with Gasteiger partial charge in [0.1, 0.15) is 12.4 Å². The molecule has 1 aromatic carbocycles. The second kappa shape index (κ2) is 7.18. The lowest BCUT2D eigenvalue weighted by Gasteiger charge is -2.07. The second-order valence-electron chi connectivity index (χ2n) is 5.93. The third-order valence-corrected chi connectivity index (χ3v) is 3.92. The third kappa shape index (κ3) is 3.94. The number of amides is 1. The first-order valence-corrected chi connectivity index (χ1v) is 7.96. The first-order chi connectivity index (χ1) is 12.4. The maximum absolute atomic E-state index is 12.3. The highest BCUT2D eigenvalue weighted by molar-refractivity contribution is 5.94. The lowest BCUT2D eigenvalue weighted by atomic mass is 10.1. The van der Waals surface area contributed by atoms with Gasteiger partial charge in [0.15, 0.2) is 0 Å². The summed E-state index contributed by atoms with van der Waals surface area (Å²) in [6.45, 7) is 2.69. The average molecular weight is 354 g/mol. The van der Waals surface area contributed by atoms with Crippen LogP contribution >= 0.6 is 0 Å². The standard InChI is InChI=1S/C17H18N6O3/c1-12-7-15(21(2)20-12)8-18-17(24)14-5-3-13(4-6-14)10-22-11-16(9-19-22)23(25)26/h3-7,9,11H,8,10H2,1-2H3,(H,18,24). The molecule has 0 radical (unpaired) electrons. The molecule has 1 amide bonds. The molecule has 3 aromatic rings. The van der Waals surface area contributed by atoms with Crippen molar-refractivity contribution in [3.63, 3.8) is 0 Å². The molecule has 0 aliphatic rings. The van der Waals surface area contributed by atoms with Crippen LogP contribution in [0.4, 0.5) is 5.69 Å². The lowest BCUT2D eigenvalue weighted by Crippen LogP contribution is -2.24. The quantitative estimate of drug-likeness (QED) is 0.536. The number of rotatable bonds is 6. The minimum Gasteiger partial charge on any atom is -0.346 e. The Morgan fingerprint density at radius 3 is 2.62 bits per heavy atom. The van der Waals surface area contributed by atoms with Crippen LogP contribution in [-0.4, -0.2) is 30.4 Å². The Labute approximate surface area is 149 Å². The molecule has 1 N–H and O–H groups in total. The fourth-order valence-electron chi connectivity index (χ4n) is 2.58. The van der Waals surface area contributed by atoms with E-state index in [0.29, 0.717) is 18.7 Å². The molecule has 0 saturated carbocycles. The summed E-state index contributed by atoms with van der Waals surface area (Å²) in [6.07, 6.45) is 2.58. The summed E-state index contributed by atoms with van der Waals surface area (Å²) in [6, 6.07) is 8.97. The summed E-state index contributed by atoms with van der Waals surface area (Å²) < 4.78 is 3.22. The molecule has 2 heterocycles. The van der Waals surface area contributed by atoms with Crippen LogP contribution in [0.1, 0.15) is 27.3 Å². The van der Waals surface area contributed by atoms with Gasteiger partial charge in [-0.25, -0.2) is 0 Å². The van der Waals surface area contributed by atoms with Crippen LogP contribution in [-0.2, 0) is 20.1 Å². The van der Waals surface area contributed by atoms with Crippen molar-refractivity contribution in [2.24, 2.45) is 7.05 Å². The van der Waals surface area contributed by atoms with Crippen molar-refractivity contribution in [1.82, 2.24) is 24.9 Å². The van der Waals surface area contributed by atoms with Gasteiger partial charge in [-0.1, -0.05) is 12.1 Å². The molecule has 0 aliphatic carbocycles. The average Bonchev–Trinajstić information content (AvgIpc) is 3.19. The third-order valence-electron chi connectivity index (χ3n) is 3.92. The van der Waals surface area contributed by atoms with Crippen LogP contribution in [0.25, 0.3) is 0 Å². The largest absolute Gasteiger partial charge is 0.346 e. The number of aryl methyl sites for hydroxylation is 2. The predicted octanol–water partition coefficient (Wildman–Crippen LogP) is 1.81. The second-order valence-corrected chi connectivity index (χ2v) is 5.93. The summed E-state index contributed by atoms with van der Waals surface area (Å²) >= 11 is 0. The molecule has 0 aliphatic heterocycles. The first-order valence-electron chi connectivity index (χ1n) is 7.96. The smallest absolute Gasteiger partial charge is 0.307 e.